The van der Waals surface area contributed by atoms with Gasteiger partial charge in [0.15, 0.2) is 9.84 Å². The summed E-state index contributed by atoms with van der Waals surface area (Å²) < 4.78 is 48.6. The first-order chi connectivity index (χ1) is 9.15. The molecule has 20 heavy (non-hydrogen) atoms. The Morgan fingerprint density at radius 2 is 2.15 bits per heavy atom. The molecule has 1 aromatic heterocycles. The van der Waals surface area contributed by atoms with Gasteiger partial charge >= 0.3 is 5.97 Å². The first-order valence-electron chi connectivity index (χ1n) is 5.64. The number of hydrogen-bond acceptors (Lipinski definition) is 6. The van der Waals surface area contributed by atoms with Crippen molar-refractivity contribution in [2.24, 2.45) is 0 Å². The fraction of sp³-hybridized carbons (Fsp3) is 0.500. The molecule has 2 heterocycles. The van der Waals surface area contributed by atoms with Crippen LogP contribution in [0.15, 0.2) is 16.3 Å². The minimum absolute atomic E-state index is 0.0487. The molecule has 2 rings (SSSR count). The van der Waals surface area contributed by atoms with Crippen LogP contribution in [0.4, 0.5) is 0 Å². The zero-order valence-electron chi connectivity index (χ0n) is 10.5. The fourth-order valence-corrected chi connectivity index (χ4v) is 6.55. The van der Waals surface area contributed by atoms with Crippen molar-refractivity contribution in [3.05, 3.63) is 16.3 Å². The number of rotatable bonds is 4. The summed E-state index contributed by atoms with van der Waals surface area (Å²) >= 11 is 0.821. The van der Waals surface area contributed by atoms with Crippen LogP contribution in [0.5, 0.6) is 0 Å². The van der Waals surface area contributed by atoms with Gasteiger partial charge < -0.3 is 5.11 Å². The first-order valence-corrected chi connectivity index (χ1v) is 9.78. The molecule has 0 bridgehead atoms. The largest absolute Gasteiger partial charge is 0.477 e. The molecule has 1 aromatic rings. The average molecular weight is 339 g/mol. The molecule has 1 atom stereocenters. The van der Waals surface area contributed by atoms with Crippen molar-refractivity contribution in [1.29, 1.82) is 0 Å². The standard InChI is InChI=1S/C10H13NO6S3/c1-11(7-3-5-19(14,15)6-7)20(16,17)8-2-4-18-9(8)10(12)13/h2,4,7H,3,5-6H2,1H3,(H,12,13). The Bertz CT molecular complexity index is 733. The van der Waals surface area contributed by atoms with Gasteiger partial charge in [-0.05, 0) is 17.9 Å². The maximum atomic E-state index is 12.4. The van der Waals surface area contributed by atoms with Crippen molar-refractivity contribution in [3.8, 4) is 0 Å². The number of carboxylic acids is 1. The number of sulfone groups is 1. The van der Waals surface area contributed by atoms with E-state index in [4.69, 9.17) is 5.11 Å². The zero-order valence-corrected chi connectivity index (χ0v) is 13.0. The number of aromatic carboxylic acids is 1. The summed E-state index contributed by atoms with van der Waals surface area (Å²) in [5.74, 6) is -1.59. The highest BCUT2D eigenvalue weighted by molar-refractivity contribution is 7.92. The molecule has 0 saturated carbocycles. The molecular weight excluding hydrogens is 326 g/mol. The minimum Gasteiger partial charge on any atom is -0.477 e. The van der Waals surface area contributed by atoms with E-state index in [1.165, 1.54) is 18.5 Å². The van der Waals surface area contributed by atoms with Crippen LogP contribution >= 0.6 is 11.3 Å². The van der Waals surface area contributed by atoms with Crippen molar-refractivity contribution in [1.82, 2.24) is 4.31 Å². The van der Waals surface area contributed by atoms with Crippen LogP contribution in [0.3, 0.4) is 0 Å². The summed E-state index contributed by atoms with van der Waals surface area (Å²) in [6.07, 6.45) is 0.227. The lowest BCUT2D eigenvalue weighted by Gasteiger charge is -2.22. The highest BCUT2D eigenvalue weighted by Gasteiger charge is 2.38. The SMILES string of the molecule is CN(C1CCS(=O)(=O)C1)S(=O)(=O)c1ccsc1C(=O)O. The molecule has 1 aliphatic rings. The van der Waals surface area contributed by atoms with Crippen LogP contribution in [0.25, 0.3) is 0 Å². The van der Waals surface area contributed by atoms with Crippen LogP contribution < -0.4 is 0 Å². The molecule has 0 aliphatic carbocycles. The second kappa shape index (κ2) is 5.10. The van der Waals surface area contributed by atoms with E-state index in [0.29, 0.717) is 0 Å². The van der Waals surface area contributed by atoms with Gasteiger partial charge in [0, 0.05) is 13.1 Å². The topological polar surface area (TPSA) is 109 Å². The quantitative estimate of drug-likeness (QED) is 0.842. The van der Waals surface area contributed by atoms with Gasteiger partial charge in [-0.25, -0.2) is 21.6 Å². The number of sulfonamides is 1. The van der Waals surface area contributed by atoms with E-state index in [0.717, 1.165) is 15.6 Å². The maximum absolute atomic E-state index is 12.4. The van der Waals surface area contributed by atoms with Crippen LogP contribution in [-0.4, -0.2) is 56.8 Å². The lowest BCUT2D eigenvalue weighted by molar-refractivity contribution is 0.0698. The monoisotopic (exact) mass is 339 g/mol. The molecule has 1 saturated heterocycles. The molecule has 112 valence electrons. The third-order valence-corrected chi connectivity index (χ3v) is 7.94. The Balaban J connectivity index is 2.36. The molecular formula is C10H13NO6S3. The lowest BCUT2D eigenvalue weighted by Crippen LogP contribution is -2.38. The van der Waals surface area contributed by atoms with E-state index >= 15 is 0 Å². The van der Waals surface area contributed by atoms with E-state index in [1.54, 1.807) is 0 Å². The number of carboxylic acid groups (broad SMARTS) is 1. The zero-order chi connectivity index (χ0) is 15.1. The van der Waals surface area contributed by atoms with Crippen LogP contribution in [0, 0.1) is 0 Å². The van der Waals surface area contributed by atoms with Crippen LogP contribution in [0.1, 0.15) is 16.1 Å². The molecule has 1 N–H and O–H groups in total. The van der Waals surface area contributed by atoms with Crippen LogP contribution in [0.2, 0.25) is 0 Å². The van der Waals surface area contributed by atoms with Crippen LogP contribution in [-0.2, 0) is 19.9 Å². The van der Waals surface area contributed by atoms with Gasteiger partial charge in [0.2, 0.25) is 10.0 Å². The summed E-state index contributed by atoms with van der Waals surface area (Å²) in [7, 11) is -5.94. The molecule has 0 amide bonds. The molecule has 1 fully saturated rings. The smallest absolute Gasteiger partial charge is 0.347 e. The summed E-state index contributed by atoms with van der Waals surface area (Å²) in [6, 6.07) is 0.579. The normalized spacial score (nSPS) is 22.2. The number of carbonyl (C=O) groups is 1. The van der Waals surface area contributed by atoms with Gasteiger partial charge in [0.1, 0.15) is 9.77 Å². The van der Waals surface area contributed by atoms with E-state index in [9.17, 15) is 21.6 Å². The first kappa shape index (κ1) is 15.4. The second-order valence-electron chi connectivity index (χ2n) is 4.50. The molecule has 1 aliphatic heterocycles. The predicted molar refractivity (Wildman–Crippen MR) is 73.3 cm³/mol. The van der Waals surface area contributed by atoms with Gasteiger partial charge in [0.25, 0.3) is 0 Å². The molecule has 0 radical (unpaired) electrons. The predicted octanol–water partition coefficient (Wildman–Crippen LogP) is 0.254. The second-order valence-corrected chi connectivity index (χ2v) is 9.61. The van der Waals surface area contributed by atoms with Gasteiger partial charge in [-0.1, -0.05) is 0 Å². The summed E-state index contributed by atoms with van der Waals surface area (Å²) in [5.41, 5.74) is 0. The number of thiophene rings is 1. The Hall–Kier alpha value is -0.970. The summed E-state index contributed by atoms with van der Waals surface area (Å²) in [4.78, 5) is 10.5. The molecule has 0 spiro atoms. The maximum Gasteiger partial charge on any atom is 0.347 e. The van der Waals surface area contributed by atoms with E-state index < -0.39 is 31.9 Å². The molecule has 1 unspecified atom stereocenters. The van der Waals surface area contributed by atoms with Crippen molar-refractivity contribution >= 4 is 37.2 Å². The Labute approximate surface area is 120 Å². The van der Waals surface area contributed by atoms with Gasteiger partial charge in [0.05, 0.1) is 11.5 Å². The molecule has 10 heteroatoms. The van der Waals surface area contributed by atoms with Gasteiger partial charge in [-0.3, -0.25) is 0 Å². The fourth-order valence-electron chi connectivity index (χ4n) is 2.07. The number of hydrogen-bond donors (Lipinski definition) is 1. The minimum atomic E-state index is -4.01. The summed E-state index contributed by atoms with van der Waals surface area (Å²) in [6.45, 7) is 0. The third-order valence-electron chi connectivity index (χ3n) is 3.20. The van der Waals surface area contributed by atoms with Crippen molar-refractivity contribution < 1.29 is 26.7 Å². The average Bonchev–Trinajstić information content (AvgIpc) is 2.94. The van der Waals surface area contributed by atoms with E-state index in [2.05, 4.69) is 0 Å². The molecule has 7 nitrogen and oxygen atoms in total. The highest BCUT2D eigenvalue weighted by Crippen LogP contribution is 2.28. The Morgan fingerprint density at radius 1 is 1.50 bits per heavy atom. The Kier molecular flexibility index (Phi) is 3.93. The third kappa shape index (κ3) is 2.73. The number of nitrogens with zero attached hydrogens (tertiary/aromatic N) is 1. The van der Waals surface area contributed by atoms with Gasteiger partial charge in [-0.2, -0.15) is 4.31 Å². The van der Waals surface area contributed by atoms with Crippen molar-refractivity contribution in [2.45, 2.75) is 17.4 Å². The van der Waals surface area contributed by atoms with Gasteiger partial charge in [-0.15, -0.1) is 11.3 Å². The summed E-state index contributed by atoms with van der Waals surface area (Å²) in [5, 5.41) is 10.4. The van der Waals surface area contributed by atoms with Crippen molar-refractivity contribution in [3.63, 3.8) is 0 Å². The lowest BCUT2D eigenvalue weighted by atomic mass is 10.3. The Morgan fingerprint density at radius 3 is 2.65 bits per heavy atom. The van der Waals surface area contributed by atoms with E-state index in [1.807, 2.05) is 0 Å². The van der Waals surface area contributed by atoms with E-state index in [-0.39, 0.29) is 27.7 Å². The highest BCUT2D eigenvalue weighted by atomic mass is 32.2. The molecule has 0 aromatic carbocycles. The van der Waals surface area contributed by atoms with Crippen molar-refractivity contribution in [2.75, 3.05) is 18.6 Å².